The van der Waals surface area contributed by atoms with Crippen molar-refractivity contribution in [2.75, 3.05) is 20.3 Å². The number of hydrogen-bond acceptors (Lipinski definition) is 4. The van der Waals surface area contributed by atoms with Crippen molar-refractivity contribution >= 4 is 10.9 Å². The van der Waals surface area contributed by atoms with Crippen LogP contribution in [0.15, 0.2) is 30.3 Å². The molecular weight excluding hydrogens is 278 g/mol. The summed E-state index contributed by atoms with van der Waals surface area (Å²) in [5.41, 5.74) is 4.86. The smallest absolute Gasteiger partial charge is 0.120 e. The summed E-state index contributed by atoms with van der Waals surface area (Å²) in [5.74, 6) is 0.831. The van der Waals surface area contributed by atoms with Crippen molar-refractivity contribution in [3.05, 3.63) is 41.6 Å². The second-order valence-electron chi connectivity index (χ2n) is 5.28. The highest BCUT2D eigenvalue weighted by molar-refractivity contribution is 5.85. The Bertz CT molecular complexity index is 796. The van der Waals surface area contributed by atoms with E-state index in [2.05, 4.69) is 23.2 Å². The quantitative estimate of drug-likeness (QED) is 0.734. The molecule has 0 fully saturated rings. The molecule has 2 aromatic heterocycles. The second kappa shape index (κ2) is 6.15. The molecule has 0 atom stereocenters. The summed E-state index contributed by atoms with van der Waals surface area (Å²) in [6.07, 6.45) is 0. The Morgan fingerprint density at radius 3 is 2.64 bits per heavy atom. The van der Waals surface area contributed by atoms with E-state index in [1.54, 1.807) is 7.11 Å². The van der Waals surface area contributed by atoms with E-state index in [-0.39, 0.29) is 0 Å². The van der Waals surface area contributed by atoms with E-state index in [4.69, 9.17) is 14.5 Å². The topological polar surface area (TPSA) is 60.0 Å². The van der Waals surface area contributed by atoms with Gasteiger partial charge in [-0.2, -0.15) is 5.10 Å². The average Bonchev–Trinajstić information content (AvgIpc) is 2.94. The van der Waals surface area contributed by atoms with Crippen molar-refractivity contribution in [1.29, 1.82) is 0 Å². The van der Waals surface area contributed by atoms with Crippen molar-refractivity contribution < 1.29 is 9.47 Å². The lowest BCUT2D eigenvalue weighted by molar-refractivity contribution is 0.146. The van der Waals surface area contributed by atoms with Crippen LogP contribution in [0.2, 0.25) is 0 Å². The van der Waals surface area contributed by atoms with Gasteiger partial charge in [-0.3, -0.25) is 5.10 Å². The van der Waals surface area contributed by atoms with Crippen LogP contribution in [0.5, 0.6) is 5.75 Å². The molecule has 0 amide bonds. The van der Waals surface area contributed by atoms with E-state index in [0.717, 1.165) is 39.3 Å². The van der Waals surface area contributed by atoms with Crippen LogP contribution >= 0.6 is 0 Å². The Labute approximate surface area is 129 Å². The molecule has 0 saturated heterocycles. The maximum Gasteiger partial charge on any atom is 0.120 e. The lowest BCUT2D eigenvalue weighted by Gasteiger charge is -2.09. The van der Waals surface area contributed by atoms with Gasteiger partial charge in [-0.15, -0.1) is 0 Å². The van der Waals surface area contributed by atoms with Crippen molar-refractivity contribution in [3.63, 3.8) is 0 Å². The van der Waals surface area contributed by atoms with Gasteiger partial charge in [-0.25, -0.2) is 4.98 Å². The number of aromatic amines is 1. The van der Waals surface area contributed by atoms with Gasteiger partial charge in [0, 0.05) is 18.2 Å². The Balaban J connectivity index is 1.96. The fourth-order valence-electron chi connectivity index (χ4n) is 2.39. The molecule has 2 heterocycles. The first-order valence-electron chi connectivity index (χ1n) is 7.23. The third kappa shape index (κ3) is 2.94. The summed E-state index contributed by atoms with van der Waals surface area (Å²) in [6, 6.07) is 9.98. The van der Waals surface area contributed by atoms with Gasteiger partial charge in [0.15, 0.2) is 0 Å². The third-order valence-corrected chi connectivity index (χ3v) is 3.51. The number of aromatic nitrogens is 3. The minimum Gasteiger partial charge on any atom is -0.491 e. The van der Waals surface area contributed by atoms with Crippen LogP contribution in [0.4, 0.5) is 0 Å². The molecule has 3 rings (SSSR count). The van der Waals surface area contributed by atoms with Gasteiger partial charge in [0.2, 0.25) is 0 Å². The predicted octanol–water partition coefficient (Wildman–Crippen LogP) is 3.27. The number of fused-ring (bicyclic) bond motifs is 1. The van der Waals surface area contributed by atoms with E-state index in [9.17, 15) is 0 Å². The number of ether oxygens (including phenoxy) is 2. The Morgan fingerprint density at radius 2 is 1.91 bits per heavy atom. The zero-order valence-corrected chi connectivity index (χ0v) is 13.0. The average molecular weight is 297 g/mol. The molecule has 114 valence electrons. The number of pyridine rings is 1. The Kier molecular flexibility index (Phi) is 4.06. The maximum absolute atomic E-state index is 5.66. The number of methoxy groups -OCH3 is 1. The number of nitrogens with zero attached hydrogens (tertiary/aromatic N) is 2. The first-order chi connectivity index (χ1) is 10.7. The van der Waals surface area contributed by atoms with Crippen LogP contribution in [0.3, 0.4) is 0 Å². The Morgan fingerprint density at radius 1 is 1.05 bits per heavy atom. The molecule has 5 heteroatoms. The van der Waals surface area contributed by atoms with E-state index in [0.29, 0.717) is 13.2 Å². The third-order valence-electron chi connectivity index (χ3n) is 3.51. The highest BCUT2D eigenvalue weighted by Gasteiger charge is 2.08. The number of benzene rings is 1. The lowest BCUT2D eigenvalue weighted by atomic mass is 10.1. The zero-order valence-electron chi connectivity index (χ0n) is 13.0. The van der Waals surface area contributed by atoms with E-state index in [1.807, 2.05) is 31.2 Å². The standard InChI is InChI=1S/C17H19N3O2/c1-11-8-16(17-9-12(2)19-20-17)18-15-5-4-13(10-14(11)15)22-7-6-21-3/h4-5,8-10H,6-7H2,1-3H3,(H,19,20). The van der Waals surface area contributed by atoms with Crippen LogP contribution in [0.25, 0.3) is 22.3 Å². The van der Waals surface area contributed by atoms with Crippen molar-refractivity contribution in [3.8, 4) is 17.1 Å². The monoisotopic (exact) mass is 297 g/mol. The zero-order chi connectivity index (χ0) is 15.5. The summed E-state index contributed by atoms with van der Waals surface area (Å²) in [7, 11) is 1.66. The largest absolute Gasteiger partial charge is 0.491 e. The number of nitrogens with one attached hydrogen (secondary N) is 1. The molecule has 0 radical (unpaired) electrons. The van der Waals surface area contributed by atoms with E-state index in [1.165, 1.54) is 0 Å². The normalized spacial score (nSPS) is 11.0. The van der Waals surface area contributed by atoms with Crippen molar-refractivity contribution in [2.45, 2.75) is 13.8 Å². The predicted molar refractivity (Wildman–Crippen MR) is 86.2 cm³/mol. The summed E-state index contributed by atoms with van der Waals surface area (Å²) in [5, 5.41) is 8.31. The van der Waals surface area contributed by atoms with Gasteiger partial charge in [-0.1, -0.05) is 0 Å². The molecule has 1 aromatic carbocycles. The molecular formula is C17H19N3O2. The summed E-state index contributed by atoms with van der Waals surface area (Å²) in [4.78, 5) is 4.69. The van der Waals surface area contributed by atoms with Crippen LogP contribution in [-0.2, 0) is 4.74 Å². The molecule has 22 heavy (non-hydrogen) atoms. The number of hydrogen-bond donors (Lipinski definition) is 1. The Hall–Kier alpha value is -2.40. The highest BCUT2D eigenvalue weighted by Crippen LogP contribution is 2.26. The molecule has 0 aliphatic rings. The molecule has 0 aliphatic heterocycles. The van der Waals surface area contributed by atoms with Gasteiger partial charge in [-0.05, 0) is 49.7 Å². The fourth-order valence-corrected chi connectivity index (χ4v) is 2.39. The number of aryl methyl sites for hydroxylation is 2. The summed E-state index contributed by atoms with van der Waals surface area (Å²) >= 11 is 0. The SMILES string of the molecule is COCCOc1ccc2nc(-c3cc(C)[nH]n3)cc(C)c2c1. The molecule has 0 bridgehead atoms. The molecule has 5 nitrogen and oxygen atoms in total. The fraction of sp³-hybridized carbons (Fsp3) is 0.294. The molecule has 0 unspecified atom stereocenters. The van der Waals surface area contributed by atoms with Gasteiger partial charge in [0.1, 0.15) is 18.1 Å². The molecule has 0 aliphatic carbocycles. The minimum absolute atomic E-state index is 0.541. The van der Waals surface area contributed by atoms with Crippen LogP contribution < -0.4 is 4.74 Å². The van der Waals surface area contributed by atoms with Crippen molar-refractivity contribution in [1.82, 2.24) is 15.2 Å². The van der Waals surface area contributed by atoms with Crippen LogP contribution in [0, 0.1) is 13.8 Å². The molecule has 3 aromatic rings. The van der Waals surface area contributed by atoms with Crippen LogP contribution in [-0.4, -0.2) is 35.5 Å². The molecule has 1 N–H and O–H groups in total. The molecule has 0 spiro atoms. The van der Waals surface area contributed by atoms with Gasteiger partial charge in [0.05, 0.1) is 17.8 Å². The number of rotatable bonds is 5. The lowest BCUT2D eigenvalue weighted by Crippen LogP contribution is -2.04. The number of H-pyrrole nitrogens is 1. The van der Waals surface area contributed by atoms with Crippen molar-refractivity contribution in [2.24, 2.45) is 0 Å². The first kappa shape index (κ1) is 14.5. The maximum atomic E-state index is 5.66. The first-order valence-corrected chi connectivity index (χ1v) is 7.23. The highest BCUT2D eigenvalue weighted by atomic mass is 16.5. The minimum atomic E-state index is 0.541. The van der Waals surface area contributed by atoms with Gasteiger partial charge >= 0.3 is 0 Å². The summed E-state index contributed by atoms with van der Waals surface area (Å²) in [6.45, 7) is 5.17. The van der Waals surface area contributed by atoms with E-state index >= 15 is 0 Å². The van der Waals surface area contributed by atoms with Gasteiger partial charge in [0.25, 0.3) is 0 Å². The van der Waals surface area contributed by atoms with Crippen LogP contribution in [0.1, 0.15) is 11.3 Å². The molecule has 0 saturated carbocycles. The second-order valence-corrected chi connectivity index (χ2v) is 5.28. The van der Waals surface area contributed by atoms with E-state index < -0.39 is 0 Å². The summed E-state index contributed by atoms with van der Waals surface area (Å²) < 4.78 is 10.7. The van der Waals surface area contributed by atoms with Gasteiger partial charge < -0.3 is 9.47 Å².